The molecule has 3 fully saturated rings. The topological polar surface area (TPSA) is 28.2 Å². The quantitative estimate of drug-likeness (QED) is 0.922. The van der Waals surface area contributed by atoms with Gasteiger partial charge in [0.1, 0.15) is 0 Å². The highest BCUT2D eigenvalue weighted by atomic mass is 35.5. The molecule has 21 heavy (non-hydrogen) atoms. The first kappa shape index (κ1) is 15.7. The highest BCUT2D eigenvalue weighted by Crippen LogP contribution is 2.38. The number of rotatable bonds is 3. The van der Waals surface area contributed by atoms with E-state index >= 15 is 0 Å². The van der Waals surface area contributed by atoms with E-state index in [1.165, 1.54) is 74.6 Å². The van der Waals surface area contributed by atoms with Crippen molar-refractivity contribution in [2.45, 2.75) is 51.0 Å². The van der Waals surface area contributed by atoms with E-state index in [9.17, 15) is 0 Å². The monoisotopic (exact) mass is 327 g/mol. The van der Waals surface area contributed by atoms with Gasteiger partial charge in [0, 0.05) is 36.6 Å². The Balaban J connectivity index is 0.00000132. The minimum atomic E-state index is 0. The minimum absolute atomic E-state index is 0. The average molecular weight is 328 g/mol. The van der Waals surface area contributed by atoms with Crippen molar-refractivity contribution >= 4 is 23.7 Å². The van der Waals surface area contributed by atoms with Crippen LogP contribution in [0.4, 0.5) is 0 Å². The van der Waals surface area contributed by atoms with Crippen molar-refractivity contribution < 1.29 is 0 Å². The Morgan fingerprint density at radius 2 is 2.19 bits per heavy atom. The lowest BCUT2D eigenvalue weighted by Gasteiger charge is -2.22. The van der Waals surface area contributed by atoms with Crippen LogP contribution in [0.25, 0.3) is 0 Å². The van der Waals surface area contributed by atoms with Gasteiger partial charge in [-0.15, -0.1) is 23.7 Å². The van der Waals surface area contributed by atoms with Gasteiger partial charge in [-0.05, 0) is 44.2 Å². The standard InChI is InChI=1S/C16H25N3S.ClH/c1-2-4-13(3-1)15-18-9-14(20-15)10-19-8-6-16(12-19)5-7-17-11-16;/h9,13,17H,1-8,10-12H2;1H. The largest absolute Gasteiger partial charge is 0.316 e. The van der Waals surface area contributed by atoms with Gasteiger partial charge in [-0.25, -0.2) is 4.98 Å². The highest BCUT2D eigenvalue weighted by molar-refractivity contribution is 7.11. The highest BCUT2D eigenvalue weighted by Gasteiger charge is 2.40. The Labute approximate surface area is 137 Å². The molecule has 1 atom stereocenters. The van der Waals surface area contributed by atoms with Crippen molar-refractivity contribution in [1.29, 1.82) is 0 Å². The zero-order valence-corrected chi connectivity index (χ0v) is 14.3. The summed E-state index contributed by atoms with van der Waals surface area (Å²) in [6.45, 7) is 6.15. The summed E-state index contributed by atoms with van der Waals surface area (Å²) in [5, 5.41) is 4.96. The van der Waals surface area contributed by atoms with Crippen molar-refractivity contribution in [2.75, 3.05) is 26.2 Å². The van der Waals surface area contributed by atoms with Crippen LogP contribution in [-0.2, 0) is 6.54 Å². The van der Waals surface area contributed by atoms with Crippen molar-refractivity contribution in [3.8, 4) is 0 Å². The second-order valence-corrected chi connectivity index (χ2v) is 8.18. The van der Waals surface area contributed by atoms with Crippen molar-refractivity contribution in [3.05, 3.63) is 16.1 Å². The maximum Gasteiger partial charge on any atom is 0.0959 e. The number of aromatic nitrogens is 1. The summed E-state index contributed by atoms with van der Waals surface area (Å²) in [7, 11) is 0. The Hall–Kier alpha value is -0.160. The summed E-state index contributed by atoms with van der Waals surface area (Å²) in [5.74, 6) is 0.776. The van der Waals surface area contributed by atoms with E-state index in [-0.39, 0.29) is 12.4 Å². The average Bonchev–Trinajstić information content (AvgIpc) is 3.21. The first-order chi connectivity index (χ1) is 9.83. The second kappa shape index (κ2) is 6.53. The van der Waals surface area contributed by atoms with Crippen LogP contribution in [0, 0.1) is 5.41 Å². The predicted molar refractivity (Wildman–Crippen MR) is 90.4 cm³/mol. The first-order valence-corrected chi connectivity index (χ1v) is 9.02. The van der Waals surface area contributed by atoms with E-state index in [1.807, 2.05) is 11.3 Å². The molecule has 1 aliphatic carbocycles. The van der Waals surface area contributed by atoms with E-state index in [0.717, 1.165) is 12.5 Å². The van der Waals surface area contributed by atoms with E-state index in [0.29, 0.717) is 5.41 Å². The SMILES string of the molecule is Cl.c1nc(C2CCCC2)sc1CN1CCC2(CCNC2)C1. The molecule has 1 N–H and O–H groups in total. The molecule has 0 aromatic carbocycles. The Bertz CT molecular complexity index is 464. The number of nitrogens with zero attached hydrogens (tertiary/aromatic N) is 2. The summed E-state index contributed by atoms with van der Waals surface area (Å²) in [4.78, 5) is 8.84. The normalized spacial score (nSPS) is 30.3. The molecule has 118 valence electrons. The van der Waals surface area contributed by atoms with Crippen molar-refractivity contribution in [1.82, 2.24) is 15.2 Å². The molecule has 1 unspecified atom stereocenters. The number of halogens is 1. The van der Waals surface area contributed by atoms with Crippen LogP contribution in [0.3, 0.4) is 0 Å². The summed E-state index contributed by atoms with van der Waals surface area (Å²) in [5.41, 5.74) is 0.596. The van der Waals surface area contributed by atoms with Gasteiger partial charge in [0.05, 0.1) is 5.01 Å². The van der Waals surface area contributed by atoms with Gasteiger partial charge in [0.2, 0.25) is 0 Å². The van der Waals surface area contributed by atoms with Crippen LogP contribution < -0.4 is 5.32 Å². The molecule has 1 aromatic rings. The summed E-state index contributed by atoms with van der Waals surface area (Å²) in [6, 6.07) is 0. The van der Waals surface area contributed by atoms with Crippen LogP contribution >= 0.6 is 23.7 Å². The van der Waals surface area contributed by atoms with Gasteiger partial charge in [-0.2, -0.15) is 0 Å². The number of thiazole rings is 1. The van der Waals surface area contributed by atoms with Gasteiger partial charge in [0.15, 0.2) is 0 Å². The van der Waals surface area contributed by atoms with Gasteiger partial charge in [-0.3, -0.25) is 4.90 Å². The summed E-state index contributed by atoms with van der Waals surface area (Å²) in [6.07, 6.45) is 10.4. The molecule has 2 saturated heterocycles. The minimum Gasteiger partial charge on any atom is -0.316 e. The van der Waals surface area contributed by atoms with Gasteiger partial charge in [-0.1, -0.05) is 12.8 Å². The maximum absolute atomic E-state index is 4.71. The van der Waals surface area contributed by atoms with Crippen LogP contribution in [-0.4, -0.2) is 36.1 Å². The van der Waals surface area contributed by atoms with Gasteiger partial charge in [0.25, 0.3) is 0 Å². The zero-order chi connectivity index (χ0) is 13.4. The number of nitrogens with one attached hydrogen (secondary N) is 1. The number of hydrogen-bond donors (Lipinski definition) is 1. The summed E-state index contributed by atoms with van der Waals surface area (Å²) < 4.78 is 0. The lowest BCUT2D eigenvalue weighted by Crippen LogP contribution is -2.28. The predicted octanol–water partition coefficient (Wildman–Crippen LogP) is 3.41. The van der Waals surface area contributed by atoms with Gasteiger partial charge >= 0.3 is 0 Å². The second-order valence-electron chi connectivity index (χ2n) is 7.03. The molecule has 4 rings (SSSR count). The van der Waals surface area contributed by atoms with Crippen LogP contribution in [0.15, 0.2) is 6.20 Å². The molecule has 0 bridgehead atoms. The smallest absolute Gasteiger partial charge is 0.0959 e. The van der Waals surface area contributed by atoms with E-state index in [4.69, 9.17) is 4.98 Å². The molecule has 5 heteroatoms. The molecule has 1 saturated carbocycles. The Morgan fingerprint density at radius 1 is 1.33 bits per heavy atom. The zero-order valence-electron chi connectivity index (χ0n) is 12.6. The summed E-state index contributed by atoms with van der Waals surface area (Å²) >= 11 is 1.98. The van der Waals surface area contributed by atoms with Crippen molar-refractivity contribution in [2.24, 2.45) is 5.41 Å². The molecule has 1 aromatic heterocycles. The molecular weight excluding hydrogens is 302 g/mol. The number of likely N-dealkylation sites (tertiary alicyclic amines) is 1. The molecule has 2 aliphatic heterocycles. The molecular formula is C16H26ClN3S. The molecule has 0 amide bonds. The molecule has 3 heterocycles. The van der Waals surface area contributed by atoms with E-state index < -0.39 is 0 Å². The van der Waals surface area contributed by atoms with Crippen LogP contribution in [0.1, 0.15) is 54.3 Å². The molecule has 3 aliphatic rings. The maximum atomic E-state index is 4.71. The Kier molecular flexibility index (Phi) is 4.89. The fraction of sp³-hybridized carbons (Fsp3) is 0.812. The van der Waals surface area contributed by atoms with Crippen LogP contribution in [0.5, 0.6) is 0 Å². The number of hydrogen-bond acceptors (Lipinski definition) is 4. The van der Waals surface area contributed by atoms with Crippen molar-refractivity contribution in [3.63, 3.8) is 0 Å². The third kappa shape index (κ3) is 3.29. The van der Waals surface area contributed by atoms with Crippen LogP contribution in [0.2, 0.25) is 0 Å². The molecule has 3 nitrogen and oxygen atoms in total. The fourth-order valence-electron chi connectivity index (χ4n) is 4.28. The first-order valence-electron chi connectivity index (χ1n) is 8.21. The Morgan fingerprint density at radius 3 is 2.95 bits per heavy atom. The molecule has 0 radical (unpaired) electrons. The van der Waals surface area contributed by atoms with Gasteiger partial charge < -0.3 is 5.32 Å². The lowest BCUT2D eigenvalue weighted by atomic mass is 9.87. The lowest BCUT2D eigenvalue weighted by molar-refractivity contribution is 0.270. The third-order valence-corrected chi connectivity index (χ3v) is 6.65. The fourth-order valence-corrected chi connectivity index (χ4v) is 5.41. The third-order valence-electron chi connectivity index (χ3n) is 5.50. The molecule has 1 spiro atoms. The van der Waals surface area contributed by atoms with E-state index in [2.05, 4.69) is 16.4 Å². The van der Waals surface area contributed by atoms with E-state index in [1.54, 1.807) is 0 Å².